The number of hydrogen-bond donors (Lipinski definition) is 0. The van der Waals surface area contributed by atoms with Gasteiger partial charge in [0.15, 0.2) is 0 Å². The molecule has 0 aliphatic carbocycles. The summed E-state index contributed by atoms with van der Waals surface area (Å²) in [6.45, 7) is 27.6. The van der Waals surface area contributed by atoms with E-state index in [2.05, 4.69) is 283 Å². The summed E-state index contributed by atoms with van der Waals surface area (Å²) in [6.07, 6.45) is 0. The van der Waals surface area contributed by atoms with Gasteiger partial charge in [0.25, 0.3) is 6.71 Å². The highest BCUT2D eigenvalue weighted by Crippen LogP contribution is 2.73. The summed E-state index contributed by atoms with van der Waals surface area (Å²) in [7, 11) is -1.85. The second-order valence-corrected chi connectivity index (χ2v) is 27.8. The zero-order valence-corrected chi connectivity index (χ0v) is 46.2. The zero-order chi connectivity index (χ0) is 52.0. The molecule has 0 saturated heterocycles. The van der Waals surface area contributed by atoms with Gasteiger partial charge in [-0.05, 0) is 161 Å². The minimum Gasteiger partial charge on any atom is -0.458 e. The predicted molar refractivity (Wildman–Crippen MR) is 315 cm³/mol. The van der Waals surface area contributed by atoms with Crippen LogP contribution in [0.5, 0.6) is 23.0 Å². The van der Waals surface area contributed by atoms with E-state index in [0.717, 1.165) is 61.6 Å². The Morgan fingerprint density at radius 2 is 0.581 bits per heavy atom. The molecule has 0 radical (unpaired) electrons. The topological polar surface area (TPSA) is 18.5 Å². The third-order valence-corrected chi connectivity index (χ3v) is 19.2. The number of hydrogen-bond acceptors (Lipinski definition) is 2. The van der Waals surface area contributed by atoms with E-state index >= 15 is 0 Å². The molecule has 4 heteroatoms. The standard InChI is InChI=1S/C70H69BO2S/c1-67(2,3)52-36-49(37-53(44-52)68(4,5)6)47-30-34-60-62(40-47)72-64-42-51(46-28-32-59(33-29-46)74(56-22-16-13-17-23-56,57-24-18-14-19-25-57)58-26-20-15-21-27-58)43-65-66(64)71(60)61-35-31-48(41-63(61)73-65)50-38-54(69(7,8)9)45-55(39-50)70(10,11)12/h13-45H,1-12H3. The van der Waals surface area contributed by atoms with Crippen molar-refractivity contribution in [2.75, 3.05) is 0 Å². The third kappa shape index (κ3) is 8.89. The fourth-order valence-corrected chi connectivity index (χ4v) is 14.8. The van der Waals surface area contributed by atoms with E-state index in [0.29, 0.717) is 0 Å². The van der Waals surface area contributed by atoms with Gasteiger partial charge >= 0.3 is 0 Å². The maximum absolute atomic E-state index is 7.22. The largest absolute Gasteiger partial charge is 0.458 e. The summed E-state index contributed by atoms with van der Waals surface area (Å²) < 4.78 is 14.4. The first-order chi connectivity index (χ1) is 35.2. The highest BCUT2D eigenvalue weighted by Gasteiger charge is 2.41. The van der Waals surface area contributed by atoms with Crippen LogP contribution < -0.4 is 25.9 Å². The Balaban J connectivity index is 1.08. The number of ether oxygens (including phenoxy) is 2. The lowest BCUT2D eigenvalue weighted by atomic mass is 9.34. The maximum atomic E-state index is 7.22. The van der Waals surface area contributed by atoms with Crippen molar-refractivity contribution >= 4 is 33.1 Å². The molecule has 0 bridgehead atoms. The van der Waals surface area contributed by atoms with Crippen LogP contribution in [0.3, 0.4) is 0 Å². The minimum atomic E-state index is -1.85. The molecule has 2 nitrogen and oxygen atoms in total. The van der Waals surface area contributed by atoms with E-state index in [1.165, 1.54) is 53.0 Å². The van der Waals surface area contributed by atoms with Gasteiger partial charge in [-0.3, -0.25) is 0 Å². The molecule has 0 aromatic heterocycles. The van der Waals surface area contributed by atoms with Gasteiger partial charge in [0.05, 0.1) is 0 Å². The molecule has 2 aliphatic rings. The average molecular weight is 985 g/mol. The van der Waals surface area contributed by atoms with Crippen molar-refractivity contribution in [3.8, 4) is 56.4 Å². The maximum Gasteiger partial charge on any atom is 0.260 e. The quantitative estimate of drug-likeness (QED) is 0.148. The normalized spacial score (nSPS) is 13.5. The number of rotatable bonds is 7. The van der Waals surface area contributed by atoms with Crippen LogP contribution in [-0.2, 0) is 21.7 Å². The smallest absolute Gasteiger partial charge is 0.260 e. The molecule has 370 valence electrons. The highest BCUT2D eigenvalue weighted by atomic mass is 32.3. The van der Waals surface area contributed by atoms with Crippen molar-refractivity contribution in [3.63, 3.8) is 0 Å². The van der Waals surface area contributed by atoms with Gasteiger partial charge in [-0.15, -0.1) is 10.0 Å². The lowest BCUT2D eigenvalue weighted by molar-refractivity contribution is 0.465. The summed E-state index contributed by atoms with van der Waals surface area (Å²) in [5, 5.41) is 0. The van der Waals surface area contributed by atoms with Crippen molar-refractivity contribution in [1.29, 1.82) is 0 Å². The second kappa shape index (κ2) is 18.1. The van der Waals surface area contributed by atoms with Crippen molar-refractivity contribution in [1.82, 2.24) is 0 Å². The Hall–Kier alpha value is -7.01. The molecule has 9 aromatic carbocycles. The fourth-order valence-electron chi connectivity index (χ4n) is 10.9. The Bertz CT molecular complexity index is 3260. The molecule has 0 spiro atoms. The van der Waals surface area contributed by atoms with Gasteiger partial charge in [-0.2, -0.15) is 0 Å². The summed E-state index contributed by atoms with van der Waals surface area (Å²) >= 11 is 0. The molecule has 0 fully saturated rings. The molecule has 2 heterocycles. The lowest BCUT2D eigenvalue weighted by Crippen LogP contribution is -2.57. The molecule has 9 aromatic rings. The summed E-state index contributed by atoms with van der Waals surface area (Å²) in [4.78, 5) is 5.17. The first-order valence-corrected chi connectivity index (χ1v) is 28.0. The Labute approximate surface area is 443 Å². The van der Waals surface area contributed by atoms with Crippen LogP contribution in [0.1, 0.15) is 105 Å². The summed E-state index contributed by atoms with van der Waals surface area (Å²) in [6, 6.07) is 75.0. The average Bonchev–Trinajstić information content (AvgIpc) is 3.40. The highest BCUT2D eigenvalue weighted by molar-refractivity contribution is 8.34. The van der Waals surface area contributed by atoms with Gasteiger partial charge in [0, 0.05) is 25.0 Å². The van der Waals surface area contributed by atoms with E-state index < -0.39 is 10.0 Å². The summed E-state index contributed by atoms with van der Waals surface area (Å²) in [5.41, 5.74) is 15.5. The molecule has 74 heavy (non-hydrogen) atoms. The van der Waals surface area contributed by atoms with Crippen LogP contribution in [0, 0.1) is 0 Å². The lowest BCUT2D eigenvalue weighted by Gasteiger charge is -2.42. The van der Waals surface area contributed by atoms with E-state index in [1.54, 1.807) is 0 Å². The molecule has 0 unspecified atom stereocenters. The van der Waals surface area contributed by atoms with Gasteiger partial charge < -0.3 is 9.47 Å². The Morgan fingerprint density at radius 1 is 0.284 bits per heavy atom. The molecule has 0 atom stereocenters. The fraction of sp³-hybridized carbons (Fsp3) is 0.229. The minimum absolute atomic E-state index is 0.00879. The zero-order valence-electron chi connectivity index (χ0n) is 45.4. The van der Waals surface area contributed by atoms with E-state index in [4.69, 9.17) is 9.47 Å². The van der Waals surface area contributed by atoms with Crippen LogP contribution in [-0.4, -0.2) is 6.71 Å². The third-order valence-electron chi connectivity index (χ3n) is 15.3. The monoisotopic (exact) mass is 985 g/mol. The second-order valence-electron chi connectivity index (χ2n) is 24.7. The van der Waals surface area contributed by atoms with Gasteiger partial charge in [-0.25, -0.2) is 0 Å². The van der Waals surface area contributed by atoms with Crippen LogP contribution in [0.2, 0.25) is 0 Å². The van der Waals surface area contributed by atoms with Crippen LogP contribution >= 0.6 is 10.0 Å². The molecule has 11 rings (SSSR count). The predicted octanol–water partition coefficient (Wildman–Crippen LogP) is 17.9. The molecule has 0 saturated carbocycles. The van der Waals surface area contributed by atoms with Crippen LogP contribution in [0.25, 0.3) is 33.4 Å². The van der Waals surface area contributed by atoms with Crippen LogP contribution in [0.15, 0.2) is 220 Å². The van der Waals surface area contributed by atoms with Crippen molar-refractivity contribution in [2.24, 2.45) is 0 Å². The Morgan fingerprint density at radius 3 is 0.919 bits per heavy atom. The summed E-state index contributed by atoms with van der Waals surface area (Å²) in [5.74, 6) is 3.41. The van der Waals surface area contributed by atoms with E-state index in [-0.39, 0.29) is 28.4 Å². The van der Waals surface area contributed by atoms with Gasteiger partial charge in [0.1, 0.15) is 23.0 Å². The molecule has 0 amide bonds. The first-order valence-electron chi connectivity index (χ1n) is 26.4. The molecule has 2 aliphatic heterocycles. The van der Waals surface area contributed by atoms with E-state index in [9.17, 15) is 0 Å². The van der Waals surface area contributed by atoms with Gasteiger partial charge in [0.2, 0.25) is 0 Å². The number of fused-ring (bicyclic) bond motifs is 4. The van der Waals surface area contributed by atoms with Gasteiger partial charge in [-0.1, -0.05) is 210 Å². The van der Waals surface area contributed by atoms with Crippen molar-refractivity contribution in [2.45, 2.75) is 124 Å². The van der Waals surface area contributed by atoms with Crippen molar-refractivity contribution in [3.05, 3.63) is 222 Å². The van der Waals surface area contributed by atoms with Crippen LogP contribution in [0.4, 0.5) is 0 Å². The number of benzene rings is 9. The van der Waals surface area contributed by atoms with E-state index in [1.807, 2.05) is 0 Å². The first kappa shape index (κ1) is 49.2. The molecular weight excluding hydrogens is 916 g/mol. The SMILES string of the molecule is CC(C)(C)c1cc(-c2ccc3c(c2)Oc2cc(-c4ccc(S(c5ccccc5)(c5ccccc5)c5ccccc5)cc4)cc4c2B3c2ccc(-c3cc(C(C)(C)C)cc(C(C)(C)C)c3)cc2O4)cc(C(C)(C)C)c1. The Kier molecular flexibility index (Phi) is 12.1. The van der Waals surface area contributed by atoms with Crippen molar-refractivity contribution < 1.29 is 9.47 Å². The molecule has 0 N–H and O–H groups in total. The molecular formula is C70H69BO2S.